The first-order valence-electron chi connectivity index (χ1n) is 7.44. The van der Waals surface area contributed by atoms with Gasteiger partial charge >= 0.3 is 0 Å². The molecule has 3 rings (SSSR count). The third kappa shape index (κ3) is 3.03. The van der Waals surface area contributed by atoms with Gasteiger partial charge in [-0.15, -0.1) is 5.10 Å². The summed E-state index contributed by atoms with van der Waals surface area (Å²) in [6, 6.07) is 6.34. The van der Waals surface area contributed by atoms with Crippen LogP contribution >= 0.6 is 0 Å². The number of benzene rings is 1. The number of amides is 1. The Hall–Kier alpha value is -3.03. The van der Waals surface area contributed by atoms with Crippen LogP contribution in [0.4, 0.5) is 10.3 Å². The number of aryl methyl sites for hydroxylation is 2. The van der Waals surface area contributed by atoms with Gasteiger partial charge in [-0.2, -0.15) is 9.50 Å². The molecular formula is C16H17FN6O. The second-order valence-corrected chi connectivity index (χ2v) is 5.49. The number of halogens is 1. The van der Waals surface area contributed by atoms with Crippen molar-refractivity contribution >= 4 is 17.6 Å². The zero-order valence-corrected chi connectivity index (χ0v) is 13.4. The van der Waals surface area contributed by atoms with Crippen LogP contribution < -0.4 is 11.1 Å². The van der Waals surface area contributed by atoms with Crippen molar-refractivity contribution in [1.82, 2.24) is 24.9 Å². The van der Waals surface area contributed by atoms with Crippen LogP contribution in [0.5, 0.6) is 0 Å². The Morgan fingerprint density at radius 2 is 2.04 bits per heavy atom. The van der Waals surface area contributed by atoms with Crippen molar-refractivity contribution in [3.8, 4) is 0 Å². The van der Waals surface area contributed by atoms with Crippen molar-refractivity contribution in [2.75, 3.05) is 5.73 Å². The molecule has 0 spiro atoms. The van der Waals surface area contributed by atoms with E-state index in [-0.39, 0.29) is 30.6 Å². The van der Waals surface area contributed by atoms with E-state index in [1.165, 1.54) is 10.6 Å². The van der Waals surface area contributed by atoms with Gasteiger partial charge in [0.1, 0.15) is 5.82 Å². The predicted molar refractivity (Wildman–Crippen MR) is 86.6 cm³/mol. The van der Waals surface area contributed by atoms with Crippen molar-refractivity contribution in [2.45, 2.75) is 26.8 Å². The third-order valence-corrected chi connectivity index (χ3v) is 3.84. The maximum absolute atomic E-state index is 13.6. The Balaban J connectivity index is 1.77. The molecule has 0 unspecified atom stereocenters. The smallest absolute Gasteiger partial charge is 0.254 e. The van der Waals surface area contributed by atoms with E-state index in [0.29, 0.717) is 17.0 Å². The number of carbonyl (C=O) groups is 1. The van der Waals surface area contributed by atoms with Crippen molar-refractivity contribution in [3.05, 3.63) is 52.6 Å². The molecule has 0 fully saturated rings. The summed E-state index contributed by atoms with van der Waals surface area (Å²) in [5, 5.41) is 6.79. The molecule has 2 aromatic heterocycles. The molecule has 3 aromatic rings. The summed E-state index contributed by atoms with van der Waals surface area (Å²) in [5.74, 6) is -0.0332. The van der Waals surface area contributed by atoms with Crippen molar-refractivity contribution in [2.24, 2.45) is 0 Å². The first-order valence-corrected chi connectivity index (χ1v) is 7.44. The van der Waals surface area contributed by atoms with E-state index in [9.17, 15) is 9.18 Å². The average Bonchev–Trinajstić information content (AvgIpc) is 2.91. The number of fused-ring (bicyclic) bond motifs is 1. The molecule has 0 radical (unpaired) electrons. The molecule has 2 heterocycles. The van der Waals surface area contributed by atoms with E-state index in [4.69, 9.17) is 5.73 Å². The number of anilines is 1. The molecule has 8 heteroatoms. The van der Waals surface area contributed by atoms with E-state index < -0.39 is 0 Å². The van der Waals surface area contributed by atoms with E-state index in [1.807, 2.05) is 6.92 Å². The van der Waals surface area contributed by atoms with Gasteiger partial charge in [0.05, 0.1) is 6.42 Å². The van der Waals surface area contributed by atoms with Crippen LogP contribution in [0, 0.1) is 19.7 Å². The highest BCUT2D eigenvalue weighted by atomic mass is 19.1. The number of nitrogen functional groups attached to an aromatic ring is 1. The molecule has 0 saturated heterocycles. The van der Waals surface area contributed by atoms with Gasteiger partial charge in [-0.3, -0.25) is 4.79 Å². The number of nitrogens with one attached hydrogen (secondary N) is 1. The van der Waals surface area contributed by atoms with Crippen LogP contribution in [0.1, 0.15) is 22.5 Å². The number of hydrogen-bond acceptors (Lipinski definition) is 5. The lowest BCUT2D eigenvalue weighted by atomic mass is 10.1. The Morgan fingerprint density at radius 3 is 2.79 bits per heavy atom. The van der Waals surface area contributed by atoms with Gasteiger partial charge in [0.25, 0.3) is 5.78 Å². The van der Waals surface area contributed by atoms with E-state index in [2.05, 4.69) is 20.4 Å². The summed E-state index contributed by atoms with van der Waals surface area (Å²) in [7, 11) is 0. The fourth-order valence-corrected chi connectivity index (χ4v) is 2.54. The third-order valence-electron chi connectivity index (χ3n) is 3.84. The Bertz CT molecular complexity index is 920. The van der Waals surface area contributed by atoms with E-state index >= 15 is 0 Å². The molecular weight excluding hydrogens is 311 g/mol. The standard InChI is InChI=1S/C16H17FN6O/c1-9-12(10(2)23-16(20-9)21-15(18)22-23)7-14(24)19-8-11-5-3-4-6-13(11)17/h3-6H,7-8H2,1-2H3,(H2,18,22)(H,19,24). The zero-order valence-electron chi connectivity index (χ0n) is 13.4. The van der Waals surface area contributed by atoms with Crippen molar-refractivity contribution < 1.29 is 9.18 Å². The van der Waals surface area contributed by atoms with E-state index in [0.717, 1.165) is 11.3 Å². The quantitative estimate of drug-likeness (QED) is 0.753. The van der Waals surface area contributed by atoms with Gasteiger partial charge in [0, 0.05) is 29.1 Å². The Morgan fingerprint density at radius 1 is 1.29 bits per heavy atom. The molecule has 0 bridgehead atoms. The van der Waals surface area contributed by atoms with Gasteiger partial charge in [-0.1, -0.05) is 18.2 Å². The minimum absolute atomic E-state index is 0.120. The maximum Gasteiger partial charge on any atom is 0.254 e. The highest BCUT2D eigenvalue weighted by Crippen LogP contribution is 2.15. The summed E-state index contributed by atoms with van der Waals surface area (Å²) in [5.41, 5.74) is 8.22. The molecule has 0 atom stereocenters. The van der Waals surface area contributed by atoms with Crippen LogP contribution in [0.25, 0.3) is 5.78 Å². The molecule has 3 N–H and O–H groups in total. The van der Waals surface area contributed by atoms with Gasteiger partial charge in [-0.05, 0) is 19.9 Å². The van der Waals surface area contributed by atoms with Crippen LogP contribution in [0.2, 0.25) is 0 Å². The predicted octanol–water partition coefficient (Wildman–Crippen LogP) is 1.32. The number of nitrogens with two attached hydrogens (primary N) is 1. The highest BCUT2D eigenvalue weighted by Gasteiger charge is 2.15. The normalized spacial score (nSPS) is 11.0. The lowest BCUT2D eigenvalue weighted by molar-refractivity contribution is -0.120. The first kappa shape index (κ1) is 15.9. The van der Waals surface area contributed by atoms with Crippen LogP contribution in [0.15, 0.2) is 24.3 Å². The van der Waals surface area contributed by atoms with Gasteiger partial charge < -0.3 is 11.1 Å². The number of aromatic nitrogens is 4. The monoisotopic (exact) mass is 328 g/mol. The lowest BCUT2D eigenvalue weighted by Crippen LogP contribution is -2.26. The van der Waals surface area contributed by atoms with E-state index in [1.54, 1.807) is 25.1 Å². The maximum atomic E-state index is 13.6. The molecule has 0 aliphatic carbocycles. The fraction of sp³-hybridized carbons (Fsp3) is 0.250. The number of hydrogen-bond donors (Lipinski definition) is 2. The molecule has 1 amide bonds. The second-order valence-electron chi connectivity index (χ2n) is 5.49. The van der Waals surface area contributed by atoms with Gasteiger partial charge in [-0.25, -0.2) is 9.37 Å². The minimum Gasteiger partial charge on any atom is -0.366 e. The minimum atomic E-state index is -0.341. The fourth-order valence-electron chi connectivity index (χ4n) is 2.54. The zero-order chi connectivity index (χ0) is 17.3. The summed E-state index contributed by atoms with van der Waals surface area (Å²) in [6.07, 6.45) is 0.120. The topological polar surface area (TPSA) is 98.2 Å². The summed E-state index contributed by atoms with van der Waals surface area (Å²) in [4.78, 5) is 20.5. The molecule has 24 heavy (non-hydrogen) atoms. The van der Waals surface area contributed by atoms with Crippen molar-refractivity contribution in [1.29, 1.82) is 0 Å². The second kappa shape index (κ2) is 6.23. The summed E-state index contributed by atoms with van der Waals surface area (Å²) < 4.78 is 15.1. The summed E-state index contributed by atoms with van der Waals surface area (Å²) >= 11 is 0. The number of rotatable bonds is 4. The molecule has 0 aliphatic rings. The van der Waals surface area contributed by atoms with Crippen LogP contribution in [-0.2, 0) is 17.8 Å². The molecule has 0 aliphatic heterocycles. The SMILES string of the molecule is Cc1nc2nc(N)nn2c(C)c1CC(=O)NCc1ccccc1F. The Labute approximate surface area is 137 Å². The molecule has 124 valence electrons. The molecule has 7 nitrogen and oxygen atoms in total. The Kier molecular flexibility index (Phi) is 4.11. The van der Waals surface area contributed by atoms with Gasteiger partial charge in [0.2, 0.25) is 11.9 Å². The lowest BCUT2D eigenvalue weighted by Gasteiger charge is -2.11. The summed E-state index contributed by atoms with van der Waals surface area (Å²) in [6.45, 7) is 3.77. The number of carbonyl (C=O) groups excluding carboxylic acids is 1. The van der Waals surface area contributed by atoms with Crippen LogP contribution in [0.3, 0.4) is 0 Å². The van der Waals surface area contributed by atoms with Gasteiger partial charge in [0.15, 0.2) is 0 Å². The molecule has 1 aromatic carbocycles. The average molecular weight is 328 g/mol. The van der Waals surface area contributed by atoms with Crippen LogP contribution in [-0.4, -0.2) is 25.5 Å². The number of nitrogens with zero attached hydrogens (tertiary/aromatic N) is 4. The molecule has 0 saturated carbocycles. The largest absolute Gasteiger partial charge is 0.366 e. The highest BCUT2D eigenvalue weighted by molar-refractivity contribution is 5.79. The first-order chi connectivity index (χ1) is 11.5. The van der Waals surface area contributed by atoms with Crippen molar-refractivity contribution in [3.63, 3.8) is 0 Å².